The highest BCUT2D eigenvalue weighted by molar-refractivity contribution is 7.99. The molecule has 0 unspecified atom stereocenters. The van der Waals surface area contributed by atoms with Crippen molar-refractivity contribution in [1.29, 1.82) is 0 Å². The molecule has 0 aliphatic heterocycles. The van der Waals surface area contributed by atoms with Crippen LogP contribution in [-0.2, 0) is 19.6 Å². The van der Waals surface area contributed by atoms with Crippen LogP contribution in [0.25, 0.3) is 0 Å². The number of nitrogens with one attached hydrogen (secondary N) is 1. The van der Waals surface area contributed by atoms with Crippen molar-refractivity contribution in [3.05, 3.63) is 29.8 Å². The first-order valence-electron chi connectivity index (χ1n) is 7.61. The van der Waals surface area contributed by atoms with Gasteiger partial charge in [-0.05, 0) is 44.2 Å². The first-order chi connectivity index (χ1) is 11.1. The van der Waals surface area contributed by atoms with Crippen LogP contribution in [0.4, 0.5) is 0 Å². The van der Waals surface area contributed by atoms with E-state index in [1.807, 2.05) is 24.3 Å². The van der Waals surface area contributed by atoms with E-state index in [0.717, 1.165) is 16.2 Å². The summed E-state index contributed by atoms with van der Waals surface area (Å²) in [7, 11) is -3.60. The highest BCUT2D eigenvalue weighted by Crippen LogP contribution is 2.23. The smallest absolute Gasteiger partial charge is 0.329 e. The normalized spacial score (nSPS) is 13.7. The summed E-state index contributed by atoms with van der Waals surface area (Å²) in [6.45, 7) is 6.33. The minimum Gasteiger partial charge on any atom is -0.480 e. The molecule has 1 atom stereocenters. The summed E-state index contributed by atoms with van der Waals surface area (Å²) < 4.78 is 31.6. The zero-order chi connectivity index (χ0) is 18.4. The Balaban J connectivity index is 2.98. The Morgan fingerprint density at radius 1 is 1.29 bits per heavy atom. The van der Waals surface area contributed by atoms with Crippen LogP contribution in [-0.4, -0.2) is 43.2 Å². The number of rotatable bonds is 9. The number of hydrogen-bond donors (Lipinski definition) is 2. The second kappa shape index (κ2) is 8.84. The van der Waals surface area contributed by atoms with E-state index in [2.05, 4.69) is 11.6 Å². The Hall–Kier alpha value is -1.09. The van der Waals surface area contributed by atoms with E-state index in [-0.39, 0.29) is 6.61 Å². The fourth-order valence-corrected chi connectivity index (χ4v) is 3.38. The Labute approximate surface area is 148 Å². The number of aliphatic carboxylic acids is 1. The molecule has 0 heterocycles. The van der Waals surface area contributed by atoms with Gasteiger partial charge in [0.1, 0.15) is 6.61 Å². The third kappa shape index (κ3) is 6.43. The number of carboxylic acids is 1. The van der Waals surface area contributed by atoms with Gasteiger partial charge in [-0.1, -0.05) is 19.1 Å². The van der Waals surface area contributed by atoms with Crippen molar-refractivity contribution in [1.82, 2.24) is 4.72 Å². The summed E-state index contributed by atoms with van der Waals surface area (Å²) in [4.78, 5) is 11.7. The van der Waals surface area contributed by atoms with Crippen LogP contribution >= 0.6 is 11.8 Å². The molecule has 0 amide bonds. The maximum Gasteiger partial charge on any atom is 0.329 e. The zero-order valence-electron chi connectivity index (χ0n) is 14.4. The summed E-state index contributed by atoms with van der Waals surface area (Å²) in [6.07, 6.45) is 0. The number of benzene rings is 1. The first-order valence-corrected chi connectivity index (χ1v) is 10.1. The summed E-state index contributed by atoms with van der Waals surface area (Å²) in [5.41, 5.74) is 0.730. The van der Waals surface area contributed by atoms with Gasteiger partial charge in [0.25, 0.3) is 0 Å². The number of thioether (sulfide) groups is 1. The van der Waals surface area contributed by atoms with Crippen molar-refractivity contribution in [3.8, 4) is 0 Å². The molecule has 0 aliphatic rings. The van der Waals surface area contributed by atoms with E-state index in [4.69, 9.17) is 9.84 Å². The van der Waals surface area contributed by atoms with Crippen molar-refractivity contribution in [2.75, 3.05) is 19.0 Å². The molecular formula is C16H25NO5S2. The van der Waals surface area contributed by atoms with Gasteiger partial charge in [0.05, 0.1) is 17.4 Å². The molecule has 1 aromatic carbocycles. The molecule has 0 saturated heterocycles. The van der Waals surface area contributed by atoms with Gasteiger partial charge in [-0.25, -0.2) is 17.9 Å². The molecule has 1 rings (SSSR count). The van der Waals surface area contributed by atoms with Gasteiger partial charge < -0.3 is 9.84 Å². The number of carboxylic acid groups (broad SMARTS) is 1. The number of sulfonamides is 1. The van der Waals surface area contributed by atoms with Crippen LogP contribution in [0, 0.1) is 0 Å². The third-order valence-corrected chi connectivity index (χ3v) is 6.31. The summed E-state index contributed by atoms with van der Waals surface area (Å²) >= 11 is 1.69. The van der Waals surface area contributed by atoms with Crippen molar-refractivity contribution >= 4 is 27.8 Å². The van der Waals surface area contributed by atoms with Crippen LogP contribution in [0.2, 0.25) is 0 Å². The Bertz CT molecular complexity index is 635. The Kier molecular flexibility index (Phi) is 7.72. The molecule has 0 fully saturated rings. The Morgan fingerprint density at radius 2 is 1.88 bits per heavy atom. The van der Waals surface area contributed by atoms with Crippen LogP contribution in [0.5, 0.6) is 0 Å². The predicted octanol–water partition coefficient (Wildman–Crippen LogP) is 2.66. The molecule has 0 aromatic heterocycles. The van der Waals surface area contributed by atoms with E-state index < -0.39 is 33.4 Å². The number of carbonyl (C=O) groups is 1. The molecular weight excluding hydrogens is 350 g/mol. The van der Waals surface area contributed by atoms with E-state index in [1.165, 1.54) is 0 Å². The molecule has 136 valence electrons. The fourth-order valence-electron chi connectivity index (χ4n) is 1.79. The quantitative estimate of drug-likeness (QED) is 0.645. The highest BCUT2D eigenvalue weighted by atomic mass is 32.2. The van der Waals surface area contributed by atoms with Gasteiger partial charge in [-0.3, -0.25) is 0 Å². The van der Waals surface area contributed by atoms with Crippen molar-refractivity contribution in [2.24, 2.45) is 0 Å². The van der Waals surface area contributed by atoms with Gasteiger partial charge >= 0.3 is 5.97 Å². The molecule has 1 aromatic rings. The topological polar surface area (TPSA) is 92.7 Å². The van der Waals surface area contributed by atoms with Gasteiger partial charge in [-0.15, -0.1) is 11.8 Å². The van der Waals surface area contributed by atoms with E-state index >= 15 is 0 Å². The standard InChI is InChI=1S/C16H25NO5S2/c1-5-23-13-8-6-12(7-9-13)14(10-22-11-15(18)19)17-24(20,21)16(2,3)4/h6-9,14,17H,5,10-11H2,1-4H3,(H,18,19)/t14-/m0/s1. The molecule has 2 N–H and O–H groups in total. The van der Waals surface area contributed by atoms with Gasteiger partial charge in [0.15, 0.2) is 0 Å². The molecule has 0 bridgehead atoms. The van der Waals surface area contributed by atoms with Crippen LogP contribution < -0.4 is 4.72 Å². The van der Waals surface area contributed by atoms with E-state index in [9.17, 15) is 13.2 Å². The lowest BCUT2D eigenvalue weighted by atomic mass is 10.1. The molecule has 0 aliphatic carbocycles. The lowest BCUT2D eigenvalue weighted by Crippen LogP contribution is -2.42. The third-order valence-electron chi connectivity index (χ3n) is 3.21. The lowest BCUT2D eigenvalue weighted by molar-refractivity contribution is -0.142. The average molecular weight is 376 g/mol. The van der Waals surface area contributed by atoms with E-state index in [1.54, 1.807) is 32.5 Å². The summed E-state index contributed by atoms with van der Waals surface area (Å²) in [5, 5.41) is 8.69. The highest BCUT2D eigenvalue weighted by Gasteiger charge is 2.31. The maximum absolute atomic E-state index is 12.4. The van der Waals surface area contributed by atoms with Crippen LogP contribution in [0.3, 0.4) is 0 Å². The van der Waals surface area contributed by atoms with Gasteiger partial charge in [0.2, 0.25) is 10.0 Å². The molecule has 0 saturated carbocycles. The molecule has 8 heteroatoms. The number of hydrogen-bond acceptors (Lipinski definition) is 5. The SMILES string of the molecule is CCSc1ccc([C@H](COCC(=O)O)NS(=O)(=O)C(C)(C)C)cc1. The van der Waals surface area contributed by atoms with Crippen molar-refractivity contribution in [3.63, 3.8) is 0 Å². The average Bonchev–Trinajstić information content (AvgIpc) is 2.45. The van der Waals surface area contributed by atoms with Crippen molar-refractivity contribution in [2.45, 2.75) is 43.4 Å². The number of ether oxygens (including phenoxy) is 1. The maximum atomic E-state index is 12.4. The molecule has 6 nitrogen and oxygen atoms in total. The van der Waals surface area contributed by atoms with Gasteiger partial charge in [-0.2, -0.15) is 0 Å². The van der Waals surface area contributed by atoms with Crippen LogP contribution in [0.1, 0.15) is 39.3 Å². The largest absolute Gasteiger partial charge is 0.480 e. The second-order valence-corrected chi connectivity index (χ2v) is 10.0. The minimum absolute atomic E-state index is 0.0537. The van der Waals surface area contributed by atoms with Crippen LogP contribution in [0.15, 0.2) is 29.2 Å². The monoisotopic (exact) mass is 375 g/mol. The first kappa shape index (κ1) is 21.0. The predicted molar refractivity (Wildman–Crippen MR) is 95.8 cm³/mol. The summed E-state index contributed by atoms with van der Waals surface area (Å²) in [5.74, 6) is -0.150. The minimum atomic E-state index is -3.60. The van der Waals surface area contributed by atoms with Gasteiger partial charge in [0, 0.05) is 4.90 Å². The summed E-state index contributed by atoms with van der Waals surface area (Å²) in [6, 6.07) is 6.85. The van der Waals surface area contributed by atoms with Crippen molar-refractivity contribution < 1.29 is 23.1 Å². The van der Waals surface area contributed by atoms with E-state index in [0.29, 0.717) is 0 Å². The lowest BCUT2D eigenvalue weighted by Gasteiger charge is -2.25. The molecule has 0 spiro atoms. The molecule has 24 heavy (non-hydrogen) atoms. The second-order valence-electron chi connectivity index (χ2n) is 6.20. The Morgan fingerprint density at radius 3 is 2.33 bits per heavy atom. The zero-order valence-corrected chi connectivity index (χ0v) is 16.0. The fraction of sp³-hybridized carbons (Fsp3) is 0.562. The molecule has 0 radical (unpaired) electrons.